The first-order chi connectivity index (χ1) is 22.2. The molecule has 0 aliphatic carbocycles. The first kappa shape index (κ1) is 36.9. The van der Waals surface area contributed by atoms with E-state index in [2.05, 4.69) is 19.1 Å². The Morgan fingerprint density at radius 3 is 2.23 bits per heavy atom. The molecule has 47 heavy (non-hydrogen) atoms. The van der Waals surface area contributed by atoms with Crippen LogP contribution in [0.3, 0.4) is 0 Å². The zero-order valence-electron chi connectivity index (χ0n) is 26.9. The third-order valence-electron chi connectivity index (χ3n) is 7.97. The van der Waals surface area contributed by atoms with Gasteiger partial charge in [0.1, 0.15) is 11.4 Å². The van der Waals surface area contributed by atoms with Gasteiger partial charge < -0.3 is 14.4 Å². The normalized spacial score (nSPS) is 12.1. The Balaban J connectivity index is 0.00000500. The molecule has 8 nitrogen and oxygen atoms in total. The average Bonchev–Trinajstić information content (AvgIpc) is 3.35. The second-order valence-electron chi connectivity index (χ2n) is 11.6. The smallest absolute Gasteiger partial charge is 0.748 e. The average molecular weight is 684 g/mol. The van der Waals surface area contributed by atoms with Crippen molar-refractivity contribution in [1.29, 1.82) is 0 Å². The molecule has 0 saturated carbocycles. The van der Waals surface area contributed by atoms with Gasteiger partial charge in [-0.1, -0.05) is 105 Å². The molecule has 3 aromatic carbocycles. The Kier molecular flexibility index (Phi) is 13.7. The van der Waals surface area contributed by atoms with Gasteiger partial charge in [-0.25, -0.2) is 18.4 Å². The summed E-state index contributed by atoms with van der Waals surface area (Å²) in [5.74, 6) is 0.307. The molecule has 0 fully saturated rings. The van der Waals surface area contributed by atoms with Gasteiger partial charge in [0.2, 0.25) is 5.88 Å². The minimum Gasteiger partial charge on any atom is -0.748 e. The first-order valence-corrected chi connectivity index (χ1v) is 17.7. The summed E-state index contributed by atoms with van der Waals surface area (Å²) in [4.78, 5) is 9.83. The van der Waals surface area contributed by atoms with Crippen molar-refractivity contribution in [3.8, 4) is 22.9 Å². The van der Waals surface area contributed by atoms with Gasteiger partial charge in [0.25, 0.3) is 0 Å². The minimum atomic E-state index is -4.18. The number of ether oxygens (including phenoxy) is 1. The number of fused-ring (bicyclic) bond motifs is 1. The quantitative estimate of drug-likeness (QED) is 0.0886. The molecule has 2 aromatic heterocycles. The summed E-state index contributed by atoms with van der Waals surface area (Å²) >= 11 is 6.71. The molecule has 2 heterocycles. The number of aromatic nitrogens is 3. The third-order valence-corrected chi connectivity index (χ3v) is 9.05. The van der Waals surface area contributed by atoms with Crippen LogP contribution in [0.25, 0.3) is 16.9 Å². The summed E-state index contributed by atoms with van der Waals surface area (Å²) in [6, 6.07) is 25.6. The SMILES string of the molecule is CCCCC(CCCCCS(=O)(=O)[O-])Oc1ccc(Cc2nc3c(Cc4ccccc4)nc(-c4ccccc4)cn3c2O)cc1Cl.[Na+]. The molecule has 242 valence electrons. The Labute approximate surface area is 304 Å². The van der Waals surface area contributed by atoms with Crippen molar-refractivity contribution in [2.75, 3.05) is 5.75 Å². The Morgan fingerprint density at radius 2 is 1.55 bits per heavy atom. The van der Waals surface area contributed by atoms with Crippen molar-refractivity contribution >= 4 is 27.4 Å². The van der Waals surface area contributed by atoms with Gasteiger partial charge in [0.05, 0.1) is 32.6 Å². The van der Waals surface area contributed by atoms with Crippen LogP contribution in [0.15, 0.2) is 85.1 Å². The van der Waals surface area contributed by atoms with E-state index in [0.717, 1.165) is 60.2 Å². The Morgan fingerprint density at radius 1 is 0.872 bits per heavy atom. The fourth-order valence-corrected chi connectivity index (χ4v) is 6.37. The molecule has 0 radical (unpaired) electrons. The van der Waals surface area contributed by atoms with Crippen LogP contribution in [0.5, 0.6) is 11.6 Å². The maximum atomic E-state index is 11.4. The molecule has 0 saturated heterocycles. The molecule has 0 aliphatic rings. The summed E-state index contributed by atoms with van der Waals surface area (Å²) < 4.78 is 40.7. The first-order valence-electron chi connectivity index (χ1n) is 15.8. The van der Waals surface area contributed by atoms with E-state index < -0.39 is 10.1 Å². The fraction of sp³-hybridized carbons (Fsp3) is 0.333. The summed E-state index contributed by atoms with van der Waals surface area (Å²) in [6.07, 6.45) is 8.08. The predicted octanol–water partition coefficient (Wildman–Crippen LogP) is 4.98. The maximum absolute atomic E-state index is 11.4. The van der Waals surface area contributed by atoms with E-state index >= 15 is 0 Å². The molecular formula is C36H39ClN3NaO5S. The Bertz CT molecular complexity index is 1850. The summed E-state index contributed by atoms with van der Waals surface area (Å²) in [7, 11) is -4.18. The molecule has 5 rings (SSSR count). The van der Waals surface area contributed by atoms with E-state index in [1.165, 1.54) is 0 Å². The van der Waals surface area contributed by atoms with E-state index in [4.69, 9.17) is 26.3 Å². The molecule has 11 heteroatoms. The standard InChI is InChI=1S/C36H40ClN3O5S.Na/c1-2-3-17-29(18-11-6-12-21-46(42,43)44)45-34-20-19-27(22-30(34)37)24-32-36(41)40-25-33(28-15-9-5-10-16-28)38-31(35(40)39-32)23-26-13-7-4-8-14-26;/h4-5,7-10,13-16,19-20,22,25,29,41H,2-3,6,11-12,17-18,21,23-24H2,1H3,(H,42,43,44);/q;+1/p-1. The van der Waals surface area contributed by atoms with E-state index in [1.807, 2.05) is 72.9 Å². The second-order valence-corrected chi connectivity index (χ2v) is 13.5. The predicted molar refractivity (Wildman–Crippen MR) is 181 cm³/mol. The molecular weight excluding hydrogens is 645 g/mol. The number of benzene rings is 3. The topological polar surface area (TPSA) is 117 Å². The van der Waals surface area contributed by atoms with Gasteiger partial charge in [-0.15, -0.1) is 0 Å². The van der Waals surface area contributed by atoms with E-state index in [0.29, 0.717) is 47.8 Å². The molecule has 5 aromatic rings. The van der Waals surface area contributed by atoms with Crippen molar-refractivity contribution in [2.24, 2.45) is 0 Å². The molecule has 1 unspecified atom stereocenters. The van der Waals surface area contributed by atoms with Crippen molar-refractivity contribution in [2.45, 2.75) is 70.8 Å². The van der Waals surface area contributed by atoms with Gasteiger partial charge in [-0.05, 0) is 48.9 Å². The van der Waals surface area contributed by atoms with Gasteiger partial charge in [-0.2, -0.15) is 0 Å². The van der Waals surface area contributed by atoms with Crippen molar-refractivity contribution < 1.29 is 52.4 Å². The van der Waals surface area contributed by atoms with Crippen LogP contribution in [-0.4, -0.2) is 44.3 Å². The van der Waals surface area contributed by atoms with Crippen molar-refractivity contribution in [3.05, 3.63) is 113 Å². The molecule has 0 amide bonds. The van der Waals surface area contributed by atoms with Gasteiger partial charge in [-0.3, -0.25) is 4.40 Å². The molecule has 0 spiro atoms. The summed E-state index contributed by atoms with van der Waals surface area (Å²) in [6.45, 7) is 2.12. The third kappa shape index (κ3) is 10.5. The zero-order valence-corrected chi connectivity index (χ0v) is 30.5. The van der Waals surface area contributed by atoms with Crippen molar-refractivity contribution in [3.63, 3.8) is 0 Å². The molecule has 1 N–H and O–H groups in total. The summed E-state index contributed by atoms with van der Waals surface area (Å²) in [5, 5.41) is 11.8. The van der Waals surface area contributed by atoms with Gasteiger partial charge in [0.15, 0.2) is 5.65 Å². The number of imidazole rings is 1. The number of hydrogen-bond donors (Lipinski definition) is 1. The van der Waals surface area contributed by atoms with E-state index in [9.17, 15) is 18.1 Å². The van der Waals surface area contributed by atoms with Gasteiger partial charge >= 0.3 is 29.6 Å². The van der Waals surface area contributed by atoms with Crippen LogP contribution >= 0.6 is 11.6 Å². The zero-order chi connectivity index (χ0) is 32.5. The molecule has 0 aliphatic heterocycles. The Hall–Kier alpha value is -2.92. The molecule has 1 atom stereocenters. The van der Waals surface area contributed by atoms with E-state index in [-0.39, 0.29) is 47.3 Å². The summed E-state index contributed by atoms with van der Waals surface area (Å²) in [5.41, 5.74) is 5.56. The number of rotatable bonds is 16. The number of nitrogens with zero attached hydrogens (tertiary/aromatic N) is 3. The van der Waals surface area contributed by atoms with Crippen LogP contribution in [-0.2, 0) is 23.0 Å². The van der Waals surface area contributed by atoms with Crippen molar-refractivity contribution in [1.82, 2.24) is 14.4 Å². The largest absolute Gasteiger partial charge is 1.00 e. The number of unbranched alkanes of at least 4 members (excludes halogenated alkanes) is 3. The monoisotopic (exact) mass is 683 g/mol. The van der Waals surface area contributed by atoms with Crippen LogP contribution in [0, 0.1) is 0 Å². The second kappa shape index (κ2) is 17.5. The number of hydrogen-bond acceptors (Lipinski definition) is 7. The van der Waals surface area contributed by atoms with Crippen LogP contribution in [0.1, 0.15) is 74.4 Å². The van der Waals surface area contributed by atoms with Crippen LogP contribution in [0.4, 0.5) is 0 Å². The van der Waals surface area contributed by atoms with E-state index in [1.54, 1.807) is 4.40 Å². The van der Waals surface area contributed by atoms with Gasteiger partial charge in [0, 0.05) is 30.4 Å². The minimum absolute atomic E-state index is 0. The number of halogens is 1. The molecule has 0 bridgehead atoms. The maximum Gasteiger partial charge on any atom is 1.00 e. The number of aromatic hydroxyl groups is 1. The van der Waals surface area contributed by atoms with Crippen LogP contribution in [0.2, 0.25) is 5.02 Å². The van der Waals surface area contributed by atoms with Crippen LogP contribution < -0.4 is 34.3 Å². The fourth-order valence-electron chi connectivity index (χ4n) is 5.56.